The molecule has 3 rings (SSSR count). The van der Waals surface area contributed by atoms with Crippen LogP contribution in [0.2, 0.25) is 0 Å². The molecule has 5 heteroatoms. The molecule has 20 heavy (non-hydrogen) atoms. The van der Waals surface area contributed by atoms with Gasteiger partial charge in [0.25, 0.3) is 5.56 Å². The summed E-state index contributed by atoms with van der Waals surface area (Å²) in [6.45, 7) is 0.502. The molecule has 2 heterocycles. The molecule has 0 unspecified atom stereocenters. The Morgan fingerprint density at radius 3 is 2.70 bits per heavy atom. The number of nitrogens with two attached hydrogens (primary N) is 1. The summed E-state index contributed by atoms with van der Waals surface area (Å²) in [6, 6.07) is 9.47. The number of aromatic nitrogens is 3. The van der Waals surface area contributed by atoms with Gasteiger partial charge in [0.15, 0.2) is 0 Å². The number of aryl methyl sites for hydroxylation is 2. The molecule has 0 radical (unpaired) electrons. The lowest BCUT2D eigenvalue weighted by Gasteiger charge is -2.04. The first-order valence-electron chi connectivity index (χ1n) is 6.42. The fourth-order valence-electron chi connectivity index (χ4n) is 2.31. The number of nitrogens with zero attached hydrogens (tertiary/aromatic N) is 3. The summed E-state index contributed by atoms with van der Waals surface area (Å²) in [6.07, 6.45) is 1.75. The molecule has 0 aliphatic heterocycles. The van der Waals surface area contributed by atoms with Crippen LogP contribution in [0, 0.1) is 0 Å². The van der Waals surface area contributed by atoms with Gasteiger partial charge in [-0.25, -0.2) is 4.98 Å². The van der Waals surface area contributed by atoms with Crippen LogP contribution < -0.4 is 11.3 Å². The van der Waals surface area contributed by atoms with E-state index in [1.165, 1.54) is 0 Å². The van der Waals surface area contributed by atoms with Gasteiger partial charge < -0.3 is 14.9 Å². The molecule has 0 aliphatic carbocycles. The maximum atomic E-state index is 11.7. The SMILES string of the molecule is Cn1ccc(-c2nc3ccc(CN)cc3n2C)cc1=O. The second-order valence-corrected chi connectivity index (χ2v) is 4.89. The minimum absolute atomic E-state index is 0.0443. The first kappa shape index (κ1) is 12.6. The average molecular weight is 268 g/mol. The zero-order chi connectivity index (χ0) is 14.3. The number of pyridine rings is 1. The number of fused-ring (bicyclic) bond motifs is 1. The monoisotopic (exact) mass is 268 g/mol. The Bertz CT molecular complexity index is 845. The highest BCUT2D eigenvalue weighted by Crippen LogP contribution is 2.23. The number of hydrogen-bond acceptors (Lipinski definition) is 3. The van der Waals surface area contributed by atoms with E-state index in [4.69, 9.17) is 5.73 Å². The maximum absolute atomic E-state index is 11.7. The van der Waals surface area contributed by atoms with E-state index >= 15 is 0 Å². The topological polar surface area (TPSA) is 65.8 Å². The molecular formula is C15H16N4O. The van der Waals surface area contributed by atoms with E-state index in [2.05, 4.69) is 4.98 Å². The van der Waals surface area contributed by atoms with Crippen LogP contribution in [0.25, 0.3) is 22.4 Å². The van der Waals surface area contributed by atoms with Crippen LogP contribution >= 0.6 is 0 Å². The lowest BCUT2D eigenvalue weighted by atomic mass is 10.2. The lowest BCUT2D eigenvalue weighted by molar-refractivity contribution is 0.858. The summed E-state index contributed by atoms with van der Waals surface area (Å²) in [7, 11) is 3.68. The summed E-state index contributed by atoms with van der Waals surface area (Å²) in [5, 5.41) is 0. The van der Waals surface area contributed by atoms with Gasteiger partial charge in [-0.1, -0.05) is 6.07 Å². The van der Waals surface area contributed by atoms with Crippen molar-refractivity contribution in [2.45, 2.75) is 6.54 Å². The van der Waals surface area contributed by atoms with Gasteiger partial charge in [0.1, 0.15) is 5.82 Å². The molecule has 0 saturated heterocycles. The van der Waals surface area contributed by atoms with Gasteiger partial charge in [0.05, 0.1) is 11.0 Å². The summed E-state index contributed by atoms with van der Waals surface area (Å²) >= 11 is 0. The third-order valence-electron chi connectivity index (χ3n) is 3.54. The van der Waals surface area contributed by atoms with Gasteiger partial charge in [0, 0.05) is 38.5 Å². The molecule has 102 valence electrons. The number of hydrogen-bond donors (Lipinski definition) is 1. The predicted octanol–water partition coefficient (Wildman–Crippen LogP) is 1.40. The molecule has 2 N–H and O–H groups in total. The van der Waals surface area contributed by atoms with E-state index in [0.717, 1.165) is 28.0 Å². The van der Waals surface area contributed by atoms with Crippen molar-refractivity contribution in [3.63, 3.8) is 0 Å². The van der Waals surface area contributed by atoms with Crippen LogP contribution in [-0.2, 0) is 20.6 Å². The third kappa shape index (κ3) is 1.92. The van der Waals surface area contributed by atoms with Crippen molar-refractivity contribution in [1.29, 1.82) is 0 Å². The number of imidazole rings is 1. The Kier molecular flexibility index (Phi) is 2.91. The molecule has 0 spiro atoms. The van der Waals surface area contributed by atoms with Gasteiger partial charge >= 0.3 is 0 Å². The normalized spacial score (nSPS) is 11.2. The molecular weight excluding hydrogens is 252 g/mol. The largest absolute Gasteiger partial charge is 0.327 e. The van der Waals surface area contributed by atoms with Crippen LogP contribution in [0.5, 0.6) is 0 Å². The molecule has 0 atom stereocenters. The minimum atomic E-state index is -0.0443. The van der Waals surface area contributed by atoms with Gasteiger partial charge in [-0.05, 0) is 23.8 Å². The van der Waals surface area contributed by atoms with E-state index in [9.17, 15) is 4.79 Å². The number of rotatable bonds is 2. The molecule has 0 fully saturated rings. The molecule has 0 aliphatic rings. The van der Waals surface area contributed by atoms with E-state index in [-0.39, 0.29) is 5.56 Å². The second-order valence-electron chi connectivity index (χ2n) is 4.89. The third-order valence-corrected chi connectivity index (χ3v) is 3.54. The number of benzene rings is 1. The first-order valence-corrected chi connectivity index (χ1v) is 6.42. The van der Waals surface area contributed by atoms with Crippen LogP contribution in [0.3, 0.4) is 0 Å². The highest BCUT2D eigenvalue weighted by atomic mass is 16.1. The summed E-state index contributed by atoms with van der Waals surface area (Å²) in [4.78, 5) is 16.4. The van der Waals surface area contributed by atoms with Crippen LogP contribution in [0.1, 0.15) is 5.56 Å². The van der Waals surface area contributed by atoms with E-state index < -0.39 is 0 Å². The standard InChI is InChI=1S/C15H16N4O/c1-18-6-5-11(8-14(18)20)15-17-12-4-3-10(9-16)7-13(12)19(15)2/h3-8H,9,16H2,1-2H3. The maximum Gasteiger partial charge on any atom is 0.250 e. The van der Waals surface area contributed by atoms with Gasteiger partial charge in [0.2, 0.25) is 0 Å². The zero-order valence-electron chi connectivity index (χ0n) is 11.5. The molecule has 5 nitrogen and oxygen atoms in total. The Labute approximate surface area is 116 Å². The van der Waals surface area contributed by atoms with Gasteiger partial charge in [-0.15, -0.1) is 0 Å². The summed E-state index contributed by atoms with van der Waals surface area (Å²) in [5.74, 6) is 0.784. The van der Waals surface area contributed by atoms with Crippen molar-refractivity contribution in [3.8, 4) is 11.4 Å². The van der Waals surface area contributed by atoms with Gasteiger partial charge in [-0.3, -0.25) is 4.79 Å². The quantitative estimate of drug-likeness (QED) is 0.764. The fraction of sp³-hybridized carbons (Fsp3) is 0.200. The first-order chi connectivity index (χ1) is 9.60. The zero-order valence-corrected chi connectivity index (χ0v) is 11.5. The van der Waals surface area contributed by atoms with Gasteiger partial charge in [-0.2, -0.15) is 0 Å². The minimum Gasteiger partial charge on any atom is -0.327 e. The molecule has 0 amide bonds. The van der Waals surface area contributed by atoms with Crippen LogP contribution in [0.4, 0.5) is 0 Å². The lowest BCUT2D eigenvalue weighted by Crippen LogP contribution is -2.14. The smallest absolute Gasteiger partial charge is 0.250 e. The van der Waals surface area contributed by atoms with E-state index in [0.29, 0.717) is 6.54 Å². The van der Waals surface area contributed by atoms with Crippen molar-refractivity contribution < 1.29 is 0 Å². The summed E-state index contributed by atoms with van der Waals surface area (Å²) < 4.78 is 3.53. The molecule has 0 saturated carbocycles. The van der Waals surface area contributed by atoms with Crippen molar-refractivity contribution in [2.24, 2.45) is 19.8 Å². The molecule has 0 bridgehead atoms. The molecule has 3 aromatic rings. The van der Waals surface area contributed by atoms with E-state index in [1.807, 2.05) is 35.9 Å². The Morgan fingerprint density at radius 1 is 1.20 bits per heavy atom. The molecule has 2 aromatic heterocycles. The van der Waals surface area contributed by atoms with E-state index in [1.54, 1.807) is 23.9 Å². The average Bonchev–Trinajstić information content (AvgIpc) is 2.79. The Hall–Kier alpha value is -2.40. The Balaban J connectivity index is 2.23. The van der Waals surface area contributed by atoms with Crippen molar-refractivity contribution in [3.05, 3.63) is 52.4 Å². The van der Waals surface area contributed by atoms with Crippen molar-refractivity contribution >= 4 is 11.0 Å². The highest BCUT2D eigenvalue weighted by molar-refractivity contribution is 5.81. The van der Waals surface area contributed by atoms with Crippen LogP contribution in [0.15, 0.2) is 41.3 Å². The Morgan fingerprint density at radius 2 is 2.00 bits per heavy atom. The fourth-order valence-corrected chi connectivity index (χ4v) is 2.31. The molecule has 1 aromatic carbocycles. The van der Waals surface area contributed by atoms with Crippen molar-refractivity contribution in [1.82, 2.24) is 14.1 Å². The predicted molar refractivity (Wildman–Crippen MR) is 79.3 cm³/mol. The summed E-state index contributed by atoms with van der Waals surface area (Å²) in [5.41, 5.74) is 9.43. The van der Waals surface area contributed by atoms with Crippen molar-refractivity contribution in [2.75, 3.05) is 0 Å². The second kappa shape index (κ2) is 4.61. The van der Waals surface area contributed by atoms with Crippen LogP contribution in [-0.4, -0.2) is 14.1 Å². The highest BCUT2D eigenvalue weighted by Gasteiger charge is 2.10.